The maximum Gasteiger partial charge on any atom is 0.0734 e. The van der Waals surface area contributed by atoms with E-state index in [0.29, 0.717) is 5.92 Å². The molecule has 1 fully saturated rings. The molecule has 1 aliphatic rings. The van der Waals surface area contributed by atoms with Gasteiger partial charge in [-0.2, -0.15) is 5.10 Å². The molecule has 16 heavy (non-hydrogen) atoms. The van der Waals surface area contributed by atoms with Gasteiger partial charge in [0.1, 0.15) is 0 Å². The number of benzene rings is 1. The predicted octanol–water partition coefficient (Wildman–Crippen LogP) is 3.57. The maximum absolute atomic E-state index is 4.67. The van der Waals surface area contributed by atoms with Gasteiger partial charge in [-0.1, -0.05) is 26.0 Å². The van der Waals surface area contributed by atoms with E-state index in [1.165, 1.54) is 35.0 Å². The lowest BCUT2D eigenvalue weighted by Gasteiger charge is -2.05. The fourth-order valence-corrected chi connectivity index (χ4v) is 2.32. The normalized spacial score (nSPS) is 16.2. The summed E-state index contributed by atoms with van der Waals surface area (Å²) in [4.78, 5) is 0. The molecule has 0 saturated heterocycles. The number of fused-ring (bicyclic) bond motifs is 1. The second kappa shape index (κ2) is 3.34. The van der Waals surface area contributed by atoms with Crippen molar-refractivity contribution in [3.63, 3.8) is 0 Å². The number of nitrogens with zero attached hydrogens (tertiary/aromatic N) is 2. The second-order valence-corrected chi connectivity index (χ2v) is 5.21. The molecular weight excluding hydrogens is 196 g/mol. The number of aryl methyl sites for hydroxylation is 1. The highest BCUT2D eigenvalue weighted by Crippen LogP contribution is 2.42. The topological polar surface area (TPSA) is 17.8 Å². The maximum atomic E-state index is 4.67. The van der Waals surface area contributed by atoms with Crippen molar-refractivity contribution in [2.24, 2.45) is 7.05 Å². The van der Waals surface area contributed by atoms with Crippen molar-refractivity contribution in [2.45, 2.75) is 38.5 Å². The molecule has 1 saturated carbocycles. The Morgan fingerprint density at radius 1 is 1.31 bits per heavy atom. The Labute approximate surface area is 96.3 Å². The fraction of sp³-hybridized carbons (Fsp3) is 0.500. The first-order valence-electron chi connectivity index (χ1n) is 6.13. The number of hydrogen-bond donors (Lipinski definition) is 0. The molecule has 0 radical (unpaired) electrons. The molecule has 0 spiro atoms. The number of rotatable bonds is 2. The predicted molar refractivity (Wildman–Crippen MR) is 66.8 cm³/mol. The average Bonchev–Trinajstić information content (AvgIpc) is 3.04. The SMILES string of the molecule is CC(C)c1ccc2c(C3CC3)nn(C)c2c1. The van der Waals surface area contributed by atoms with E-state index in [2.05, 4.69) is 44.2 Å². The van der Waals surface area contributed by atoms with Crippen LogP contribution >= 0.6 is 0 Å². The van der Waals surface area contributed by atoms with Crippen molar-refractivity contribution < 1.29 is 0 Å². The molecule has 2 aromatic rings. The second-order valence-electron chi connectivity index (χ2n) is 5.21. The van der Waals surface area contributed by atoms with Crippen LogP contribution in [0.5, 0.6) is 0 Å². The zero-order valence-electron chi connectivity index (χ0n) is 10.2. The van der Waals surface area contributed by atoms with Crippen LogP contribution in [-0.2, 0) is 7.05 Å². The zero-order chi connectivity index (χ0) is 11.3. The van der Waals surface area contributed by atoms with Gasteiger partial charge in [-0.05, 0) is 30.4 Å². The van der Waals surface area contributed by atoms with Crippen molar-refractivity contribution in [3.05, 3.63) is 29.5 Å². The monoisotopic (exact) mass is 214 g/mol. The van der Waals surface area contributed by atoms with Gasteiger partial charge in [0.05, 0.1) is 11.2 Å². The summed E-state index contributed by atoms with van der Waals surface area (Å²) in [6, 6.07) is 6.80. The van der Waals surface area contributed by atoms with Crippen LogP contribution in [0.2, 0.25) is 0 Å². The molecule has 2 heteroatoms. The number of aromatic nitrogens is 2. The highest BCUT2D eigenvalue weighted by atomic mass is 15.3. The molecule has 1 aromatic carbocycles. The van der Waals surface area contributed by atoms with Crippen LogP contribution in [0.25, 0.3) is 10.9 Å². The molecule has 1 heterocycles. The van der Waals surface area contributed by atoms with E-state index in [1.807, 2.05) is 4.68 Å². The molecule has 0 amide bonds. The highest BCUT2D eigenvalue weighted by molar-refractivity contribution is 5.83. The third kappa shape index (κ3) is 1.44. The first-order chi connectivity index (χ1) is 7.66. The van der Waals surface area contributed by atoms with Crippen LogP contribution in [0, 0.1) is 0 Å². The van der Waals surface area contributed by atoms with Gasteiger partial charge in [-0.25, -0.2) is 0 Å². The van der Waals surface area contributed by atoms with Crippen molar-refractivity contribution in [1.82, 2.24) is 9.78 Å². The smallest absolute Gasteiger partial charge is 0.0734 e. The highest BCUT2D eigenvalue weighted by Gasteiger charge is 2.28. The summed E-state index contributed by atoms with van der Waals surface area (Å²) in [5, 5.41) is 6.02. The van der Waals surface area contributed by atoms with Gasteiger partial charge in [0, 0.05) is 18.4 Å². The molecular formula is C14H18N2. The summed E-state index contributed by atoms with van der Waals surface area (Å²) in [6.45, 7) is 4.47. The third-order valence-corrected chi connectivity index (χ3v) is 3.53. The van der Waals surface area contributed by atoms with E-state index in [1.54, 1.807) is 0 Å². The Kier molecular flexibility index (Phi) is 2.06. The van der Waals surface area contributed by atoms with E-state index in [-0.39, 0.29) is 0 Å². The molecule has 3 rings (SSSR count). The first-order valence-corrected chi connectivity index (χ1v) is 6.13. The fourth-order valence-electron chi connectivity index (χ4n) is 2.32. The lowest BCUT2D eigenvalue weighted by atomic mass is 10.0. The van der Waals surface area contributed by atoms with Crippen molar-refractivity contribution >= 4 is 10.9 Å². The Hall–Kier alpha value is -1.31. The number of hydrogen-bond acceptors (Lipinski definition) is 1. The Bertz CT molecular complexity index is 533. The van der Waals surface area contributed by atoms with Crippen molar-refractivity contribution in [1.29, 1.82) is 0 Å². The lowest BCUT2D eigenvalue weighted by Crippen LogP contribution is -1.92. The van der Waals surface area contributed by atoms with Gasteiger partial charge < -0.3 is 0 Å². The van der Waals surface area contributed by atoms with Crippen molar-refractivity contribution in [3.8, 4) is 0 Å². The van der Waals surface area contributed by atoms with E-state index in [4.69, 9.17) is 0 Å². The zero-order valence-corrected chi connectivity index (χ0v) is 10.2. The summed E-state index contributed by atoms with van der Waals surface area (Å²) in [6.07, 6.45) is 2.64. The van der Waals surface area contributed by atoms with Crippen LogP contribution < -0.4 is 0 Å². The minimum absolute atomic E-state index is 0.587. The van der Waals surface area contributed by atoms with Gasteiger partial charge in [0.25, 0.3) is 0 Å². The van der Waals surface area contributed by atoms with Crippen LogP contribution in [0.1, 0.15) is 49.8 Å². The molecule has 0 bridgehead atoms. The van der Waals surface area contributed by atoms with Crippen LogP contribution in [0.15, 0.2) is 18.2 Å². The Morgan fingerprint density at radius 3 is 2.69 bits per heavy atom. The molecule has 1 aromatic heterocycles. The van der Waals surface area contributed by atoms with Gasteiger partial charge >= 0.3 is 0 Å². The van der Waals surface area contributed by atoms with Crippen LogP contribution in [0.3, 0.4) is 0 Å². The molecule has 0 atom stereocenters. The molecule has 0 N–H and O–H groups in total. The summed E-state index contributed by atoms with van der Waals surface area (Å²) >= 11 is 0. The van der Waals surface area contributed by atoms with E-state index >= 15 is 0 Å². The van der Waals surface area contributed by atoms with Crippen LogP contribution in [0.4, 0.5) is 0 Å². The van der Waals surface area contributed by atoms with Crippen molar-refractivity contribution in [2.75, 3.05) is 0 Å². The standard InChI is InChI=1S/C14H18N2/c1-9(2)11-6-7-12-13(8-11)16(3)15-14(12)10-4-5-10/h6-10H,4-5H2,1-3H3. The first kappa shape index (κ1) is 9.88. The van der Waals surface area contributed by atoms with Crippen LogP contribution in [-0.4, -0.2) is 9.78 Å². The quantitative estimate of drug-likeness (QED) is 0.747. The molecule has 2 nitrogen and oxygen atoms in total. The lowest BCUT2D eigenvalue weighted by molar-refractivity contribution is 0.766. The summed E-state index contributed by atoms with van der Waals surface area (Å²) in [7, 11) is 2.05. The van der Waals surface area contributed by atoms with Gasteiger partial charge in [-0.15, -0.1) is 0 Å². The molecule has 0 unspecified atom stereocenters. The Balaban J connectivity index is 2.20. The minimum Gasteiger partial charge on any atom is -0.268 e. The molecule has 84 valence electrons. The van der Waals surface area contributed by atoms with E-state index in [9.17, 15) is 0 Å². The largest absolute Gasteiger partial charge is 0.268 e. The van der Waals surface area contributed by atoms with Gasteiger partial charge in [0.15, 0.2) is 0 Å². The average molecular weight is 214 g/mol. The Morgan fingerprint density at radius 2 is 2.06 bits per heavy atom. The van der Waals surface area contributed by atoms with Gasteiger partial charge in [0.2, 0.25) is 0 Å². The molecule has 1 aliphatic carbocycles. The van der Waals surface area contributed by atoms with Gasteiger partial charge in [-0.3, -0.25) is 4.68 Å². The third-order valence-electron chi connectivity index (χ3n) is 3.53. The molecule has 0 aliphatic heterocycles. The van der Waals surface area contributed by atoms with E-state index < -0.39 is 0 Å². The summed E-state index contributed by atoms with van der Waals surface area (Å²) in [5.41, 5.74) is 4.00. The summed E-state index contributed by atoms with van der Waals surface area (Å²) in [5.74, 6) is 1.32. The summed E-state index contributed by atoms with van der Waals surface area (Å²) < 4.78 is 2.04. The van der Waals surface area contributed by atoms with E-state index in [0.717, 1.165) is 5.92 Å². The minimum atomic E-state index is 0.587.